The summed E-state index contributed by atoms with van der Waals surface area (Å²) in [7, 11) is 0. The number of carbonyl (C=O) groups is 1. The second kappa shape index (κ2) is 9.32. The summed E-state index contributed by atoms with van der Waals surface area (Å²) in [6.07, 6.45) is 10.0. The molecule has 0 aliphatic carbocycles. The maximum Gasteiger partial charge on any atom is 0.254 e. The number of benzene rings is 2. The zero-order valence-electron chi connectivity index (χ0n) is 17.9. The van der Waals surface area contributed by atoms with Gasteiger partial charge in [0.15, 0.2) is 0 Å². The van der Waals surface area contributed by atoms with Crippen molar-refractivity contribution in [3.8, 4) is 0 Å². The summed E-state index contributed by atoms with van der Waals surface area (Å²) in [4.78, 5) is 23.8. The molecule has 0 unspecified atom stereocenters. The molecule has 0 spiro atoms. The van der Waals surface area contributed by atoms with Crippen LogP contribution in [0.15, 0.2) is 79.6 Å². The van der Waals surface area contributed by atoms with Crippen LogP contribution in [0.2, 0.25) is 0 Å². The molecule has 1 aliphatic rings. The number of amides is 1. The number of fused-ring (bicyclic) bond motifs is 1. The highest BCUT2D eigenvalue weighted by Gasteiger charge is 2.25. The van der Waals surface area contributed by atoms with Gasteiger partial charge in [-0.3, -0.25) is 9.78 Å². The molecular weight excluding hydrogens is 400 g/mol. The van der Waals surface area contributed by atoms with Crippen molar-refractivity contribution in [3.63, 3.8) is 0 Å². The molecule has 0 bridgehead atoms. The van der Waals surface area contributed by atoms with E-state index in [9.17, 15) is 4.79 Å². The Bertz CT molecular complexity index is 1210. The summed E-state index contributed by atoms with van der Waals surface area (Å²) >= 11 is 0. The molecule has 5 rings (SSSR count). The van der Waals surface area contributed by atoms with Gasteiger partial charge in [-0.25, -0.2) is 4.98 Å². The van der Waals surface area contributed by atoms with Crippen molar-refractivity contribution in [1.29, 1.82) is 0 Å². The molecule has 0 radical (unpaired) electrons. The standard InChI is InChI=1S/C26H26N4O2/c31-26(25-4-2-1-3-23(25)17-29-10-9-28-19-29)30-11-12-32-18-21(16-30)13-20-5-6-22-7-8-27-15-24(22)14-20/h1-10,14-15,19,21H,11-13,16-18H2/t21-/m0/s1. The molecule has 1 amide bonds. The Kier molecular flexibility index (Phi) is 5.94. The van der Waals surface area contributed by atoms with E-state index in [0.717, 1.165) is 22.9 Å². The highest BCUT2D eigenvalue weighted by atomic mass is 16.5. The highest BCUT2D eigenvalue weighted by Crippen LogP contribution is 2.21. The largest absolute Gasteiger partial charge is 0.379 e. The summed E-state index contributed by atoms with van der Waals surface area (Å²) in [5.74, 6) is 0.315. The van der Waals surface area contributed by atoms with Crippen molar-refractivity contribution in [3.05, 3.63) is 96.3 Å². The monoisotopic (exact) mass is 426 g/mol. The van der Waals surface area contributed by atoms with Gasteiger partial charge in [-0.15, -0.1) is 0 Å². The lowest BCUT2D eigenvalue weighted by Gasteiger charge is -2.25. The molecule has 1 aliphatic heterocycles. The van der Waals surface area contributed by atoms with E-state index in [1.807, 2.05) is 58.4 Å². The van der Waals surface area contributed by atoms with Crippen LogP contribution < -0.4 is 0 Å². The summed E-state index contributed by atoms with van der Waals surface area (Å²) in [6.45, 7) is 3.14. The average molecular weight is 427 g/mol. The van der Waals surface area contributed by atoms with Crippen LogP contribution in [0.25, 0.3) is 10.8 Å². The smallest absolute Gasteiger partial charge is 0.254 e. The Hall–Kier alpha value is -3.51. The Morgan fingerprint density at radius 3 is 2.91 bits per heavy atom. The summed E-state index contributed by atoms with van der Waals surface area (Å²) < 4.78 is 7.86. The van der Waals surface area contributed by atoms with Crippen LogP contribution in [-0.2, 0) is 17.7 Å². The molecule has 0 N–H and O–H groups in total. The lowest BCUT2D eigenvalue weighted by atomic mass is 9.97. The first-order valence-corrected chi connectivity index (χ1v) is 11.0. The fourth-order valence-electron chi connectivity index (χ4n) is 4.40. The zero-order valence-corrected chi connectivity index (χ0v) is 17.9. The minimum atomic E-state index is 0.0685. The Labute approximate surface area is 187 Å². The van der Waals surface area contributed by atoms with Crippen LogP contribution in [0, 0.1) is 5.92 Å². The second-order valence-electron chi connectivity index (χ2n) is 8.35. The zero-order chi connectivity index (χ0) is 21.8. The molecule has 6 heteroatoms. The molecule has 6 nitrogen and oxygen atoms in total. The van der Waals surface area contributed by atoms with Crippen LogP contribution in [0.4, 0.5) is 0 Å². The molecule has 162 valence electrons. The Morgan fingerprint density at radius 2 is 2.00 bits per heavy atom. The van der Waals surface area contributed by atoms with Crippen molar-refractivity contribution >= 4 is 16.7 Å². The number of nitrogens with zero attached hydrogens (tertiary/aromatic N) is 4. The van der Waals surface area contributed by atoms with E-state index < -0.39 is 0 Å². The lowest BCUT2D eigenvalue weighted by Crippen LogP contribution is -2.37. The summed E-state index contributed by atoms with van der Waals surface area (Å²) in [6, 6.07) is 16.4. The normalized spacial score (nSPS) is 16.8. The predicted octanol–water partition coefficient (Wildman–Crippen LogP) is 3.81. The summed E-state index contributed by atoms with van der Waals surface area (Å²) in [5.41, 5.74) is 2.99. The third-order valence-electron chi connectivity index (χ3n) is 6.01. The minimum absolute atomic E-state index is 0.0685. The van der Waals surface area contributed by atoms with Gasteiger partial charge in [0.2, 0.25) is 0 Å². The van der Waals surface area contributed by atoms with Crippen LogP contribution in [-0.4, -0.2) is 51.6 Å². The molecule has 2 aromatic heterocycles. The topological polar surface area (TPSA) is 60.2 Å². The van der Waals surface area contributed by atoms with Crippen molar-refractivity contribution in [1.82, 2.24) is 19.4 Å². The van der Waals surface area contributed by atoms with Crippen LogP contribution in [0.1, 0.15) is 21.5 Å². The van der Waals surface area contributed by atoms with E-state index in [1.165, 1.54) is 10.9 Å². The van der Waals surface area contributed by atoms with Gasteiger partial charge < -0.3 is 14.2 Å². The van der Waals surface area contributed by atoms with Gasteiger partial charge in [-0.05, 0) is 41.1 Å². The van der Waals surface area contributed by atoms with Crippen molar-refractivity contribution in [2.75, 3.05) is 26.3 Å². The lowest BCUT2D eigenvalue weighted by molar-refractivity contribution is 0.0736. The number of ether oxygens (including phenoxy) is 1. The fraction of sp³-hybridized carbons (Fsp3) is 0.269. The highest BCUT2D eigenvalue weighted by molar-refractivity contribution is 5.95. The van der Waals surface area contributed by atoms with Crippen LogP contribution in [0.5, 0.6) is 0 Å². The van der Waals surface area contributed by atoms with Gasteiger partial charge in [-0.1, -0.05) is 30.3 Å². The third-order valence-corrected chi connectivity index (χ3v) is 6.01. The van der Waals surface area contributed by atoms with E-state index in [0.29, 0.717) is 32.8 Å². The predicted molar refractivity (Wildman–Crippen MR) is 123 cm³/mol. The maximum atomic E-state index is 13.5. The summed E-state index contributed by atoms with van der Waals surface area (Å²) in [5, 5.41) is 2.33. The Balaban J connectivity index is 1.33. The van der Waals surface area contributed by atoms with Crippen molar-refractivity contribution < 1.29 is 9.53 Å². The maximum absolute atomic E-state index is 13.5. The first-order valence-electron chi connectivity index (χ1n) is 11.0. The number of pyridine rings is 1. The van der Waals surface area contributed by atoms with Gasteiger partial charge in [-0.2, -0.15) is 0 Å². The molecular formula is C26H26N4O2. The minimum Gasteiger partial charge on any atom is -0.379 e. The molecule has 1 atom stereocenters. The van der Waals surface area contributed by atoms with Crippen molar-refractivity contribution in [2.24, 2.45) is 5.92 Å². The number of rotatable bonds is 5. The number of hydrogen-bond acceptors (Lipinski definition) is 4. The van der Waals surface area contributed by atoms with E-state index in [1.54, 1.807) is 12.5 Å². The molecule has 32 heavy (non-hydrogen) atoms. The first-order chi connectivity index (χ1) is 15.8. The molecule has 3 heterocycles. The third kappa shape index (κ3) is 4.55. The Morgan fingerprint density at radius 1 is 1.06 bits per heavy atom. The number of hydrogen-bond donors (Lipinski definition) is 0. The van der Waals surface area contributed by atoms with Gasteiger partial charge in [0.05, 0.1) is 19.5 Å². The van der Waals surface area contributed by atoms with Gasteiger partial charge in [0.1, 0.15) is 0 Å². The van der Waals surface area contributed by atoms with Gasteiger partial charge in [0.25, 0.3) is 5.91 Å². The molecule has 2 aromatic carbocycles. The number of carbonyl (C=O) groups excluding carboxylic acids is 1. The SMILES string of the molecule is O=C(c1ccccc1Cn1ccnc1)N1CCOC[C@@H](Cc2ccc3ccncc3c2)C1. The molecule has 1 saturated heterocycles. The molecule has 4 aromatic rings. The number of aromatic nitrogens is 3. The van der Waals surface area contributed by atoms with Crippen molar-refractivity contribution in [2.45, 2.75) is 13.0 Å². The van der Waals surface area contributed by atoms with E-state index in [-0.39, 0.29) is 11.8 Å². The van der Waals surface area contributed by atoms with E-state index >= 15 is 0 Å². The molecule has 1 fully saturated rings. The van der Waals surface area contributed by atoms with E-state index in [2.05, 4.69) is 28.2 Å². The fourth-order valence-corrected chi connectivity index (χ4v) is 4.40. The van der Waals surface area contributed by atoms with Gasteiger partial charge >= 0.3 is 0 Å². The average Bonchev–Trinajstić information content (AvgIpc) is 3.23. The quantitative estimate of drug-likeness (QED) is 0.487. The number of imidazole rings is 1. The van der Waals surface area contributed by atoms with Gasteiger partial charge in [0, 0.05) is 61.3 Å². The van der Waals surface area contributed by atoms with Crippen LogP contribution >= 0.6 is 0 Å². The van der Waals surface area contributed by atoms with E-state index in [4.69, 9.17) is 4.74 Å². The molecule has 0 saturated carbocycles. The first kappa shape index (κ1) is 20.4. The second-order valence-corrected chi connectivity index (χ2v) is 8.35. The van der Waals surface area contributed by atoms with Crippen LogP contribution in [0.3, 0.4) is 0 Å².